The van der Waals surface area contributed by atoms with Gasteiger partial charge in [-0.2, -0.15) is 0 Å². The van der Waals surface area contributed by atoms with Crippen molar-refractivity contribution < 1.29 is 0 Å². The van der Waals surface area contributed by atoms with Crippen LogP contribution >= 0.6 is 0 Å². The van der Waals surface area contributed by atoms with Crippen LogP contribution in [0.15, 0.2) is 12.3 Å². The van der Waals surface area contributed by atoms with Crippen molar-refractivity contribution >= 4 is 0 Å². The first-order chi connectivity index (χ1) is 6.00. The Kier molecular flexibility index (Phi) is 5.85. The van der Waals surface area contributed by atoms with Crippen molar-refractivity contribution in [1.29, 1.82) is 0 Å². The molecule has 0 aromatic carbocycles. The van der Waals surface area contributed by atoms with Crippen molar-refractivity contribution in [2.24, 2.45) is 5.92 Å². The third-order valence-corrected chi connectivity index (χ3v) is 2.54. The number of hydrogen-bond acceptors (Lipinski definition) is 1. The van der Waals surface area contributed by atoms with Crippen LogP contribution in [0.25, 0.3) is 0 Å². The van der Waals surface area contributed by atoms with Crippen molar-refractivity contribution in [1.82, 2.24) is 4.90 Å². The molecule has 0 amide bonds. The largest absolute Gasteiger partial charge is 0.372 e. The zero-order valence-corrected chi connectivity index (χ0v) is 10.0. The first-order valence-electron chi connectivity index (χ1n) is 5.44. The summed E-state index contributed by atoms with van der Waals surface area (Å²) in [6, 6.07) is 1.22. The average Bonchev–Trinajstić information content (AvgIpc) is 2.04. The van der Waals surface area contributed by atoms with Crippen LogP contribution < -0.4 is 0 Å². The summed E-state index contributed by atoms with van der Waals surface area (Å²) in [6.45, 7) is 13.5. The lowest BCUT2D eigenvalue weighted by atomic mass is 10.0. The highest BCUT2D eigenvalue weighted by molar-refractivity contribution is 4.87. The molecule has 0 aliphatic heterocycles. The van der Waals surface area contributed by atoms with E-state index in [1.165, 1.54) is 0 Å². The molecule has 0 N–H and O–H groups in total. The molecule has 0 saturated heterocycles. The van der Waals surface area contributed by atoms with E-state index in [1.54, 1.807) is 0 Å². The highest BCUT2D eigenvalue weighted by Gasteiger charge is 2.15. The van der Waals surface area contributed by atoms with Gasteiger partial charge in [-0.1, -0.05) is 26.8 Å². The van der Waals surface area contributed by atoms with Crippen LogP contribution in [0.3, 0.4) is 0 Å². The van der Waals surface area contributed by atoms with E-state index in [0.717, 1.165) is 6.42 Å². The van der Waals surface area contributed by atoms with E-state index in [4.69, 9.17) is 0 Å². The normalized spacial score (nSPS) is 14.5. The van der Waals surface area contributed by atoms with Gasteiger partial charge in [0.25, 0.3) is 0 Å². The number of allylic oxidation sites excluding steroid dienone is 1. The van der Waals surface area contributed by atoms with Crippen LogP contribution in [0.2, 0.25) is 0 Å². The molecule has 0 saturated carbocycles. The van der Waals surface area contributed by atoms with Crippen molar-refractivity contribution in [3.8, 4) is 0 Å². The molecule has 0 bridgehead atoms. The molecule has 0 heterocycles. The second-order valence-electron chi connectivity index (χ2n) is 4.32. The highest BCUT2D eigenvalue weighted by Crippen LogP contribution is 2.14. The SMILES string of the molecule is CC/C=C\N(C(C)C)C(C)C(C)C. The van der Waals surface area contributed by atoms with Crippen LogP contribution in [0, 0.1) is 5.92 Å². The minimum absolute atomic E-state index is 0.597. The number of hydrogen-bond donors (Lipinski definition) is 0. The maximum atomic E-state index is 2.44. The quantitative estimate of drug-likeness (QED) is 0.628. The summed E-state index contributed by atoms with van der Waals surface area (Å²) >= 11 is 0. The molecule has 0 fully saturated rings. The molecule has 0 aromatic rings. The van der Waals surface area contributed by atoms with E-state index >= 15 is 0 Å². The Labute approximate surface area is 83.8 Å². The van der Waals surface area contributed by atoms with Gasteiger partial charge in [-0.05, 0) is 39.3 Å². The van der Waals surface area contributed by atoms with Crippen LogP contribution in [0.4, 0.5) is 0 Å². The van der Waals surface area contributed by atoms with Crippen molar-refractivity contribution in [3.63, 3.8) is 0 Å². The predicted octanol–water partition coefficient (Wildman–Crippen LogP) is 3.67. The zero-order chi connectivity index (χ0) is 10.4. The van der Waals surface area contributed by atoms with Gasteiger partial charge in [-0.25, -0.2) is 0 Å². The summed E-state index contributed by atoms with van der Waals surface area (Å²) in [7, 11) is 0. The van der Waals surface area contributed by atoms with Gasteiger partial charge in [0, 0.05) is 12.1 Å². The molecular formula is C12H25N. The second kappa shape index (κ2) is 6.06. The molecule has 0 aliphatic rings. The Bertz CT molecular complexity index is 147. The molecule has 0 radical (unpaired) electrons. The summed E-state index contributed by atoms with van der Waals surface area (Å²) in [4.78, 5) is 2.44. The molecule has 1 nitrogen and oxygen atoms in total. The van der Waals surface area contributed by atoms with Gasteiger partial charge >= 0.3 is 0 Å². The first kappa shape index (κ1) is 12.5. The highest BCUT2D eigenvalue weighted by atomic mass is 15.2. The lowest BCUT2D eigenvalue weighted by Crippen LogP contribution is -2.37. The van der Waals surface area contributed by atoms with Crippen LogP contribution in [0.5, 0.6) is 0 Å². The van der Waals surface area contributed by atoms with E-state index in [0.29, 0.717) is 18.0 Å². The molecule has 1 heteroatoms. The Morgan fingerprint density at radius 3 is 1.92 bits per heavy atom. The molecule has 78 valence electrons. The van der Waals surface area contributed by atoms with Gasteiger partial charge in [0.05, 0.1) is 0 Å². The maximum Gasteiger partial charge on any atom is 0.0281 e. The summed E-state index contributed by atoms with van der Waals surface area (Å²) in [6.07, 6.45) is 5.60. The van der Waals surface area contributed by atoms with E-state index in [2.05, 4.69) is 58.7 Å². The van der Waals surface area contributed by atoms with E-state index < -0.39 is 0 Å². The van der Waals surface area contributed by atoms with Crippen LogP contribution in [-0.4, -0.2) is 17.0 Å². The summed E-state index contributed by atoms with van der Waals surface area (Å²) < 4.78 is 0. The Morgan fingerprint density at radius 2 is 1.62 bits per heavy atom. The fraction of sp³-hybridized carbons (Fsp3) is 0.833. The van der Waals surface area contributed by atoms with Gasteiger partial charge in [-0.15, -0.1) is 0 Å². The fourth-order valence-corrected chi connectivity index (χ4v) is 1.35. The van der Waals surface area contributed by atoms with E-state index in [9.17, 15) is 0 Å². The third-order valence-electron chi connectivity index (χ3n) is 2.54. The number of rotatable bonds is 5. The summed E-state index contributed by atoms with van der Waals surface area (Å²) in [5.41, 5.74) is 0. The van der Waals surface area contributed by atoms with Crippen LogP contribution in [0.1, 0.15) is 48.0 Å². The first-order valence-corrected chi connectivity index (χ1v) is 5.44. The third kappa shape index (κ3) is 4.35. The lowest BCUT2D eigenvalue weighted by Gasteiger charge is -2.34. The molecule has 1 atom stereocenters. The van der Waals surface area contributed by atoms with Gasteiger partial charge in [0.15, 0.2) is 0 Å². The minimum Gasteiger partial charge on any atom is -0.372 e. The average molecular weight is 183 g/mol. The monoisotopic (exact) mass is 183 g/mol. The van der Waals surface area contributed by atoms with Crippen molar-refractivity contribution in [2.75, 3.05) is 0 Å². The summed E-state index contributed by atoms with van der Waals surface area (Å²) in [5.74, 6) is 0.712. The Balaban J connectivity index is 4.32. The Morgan fingerprint density at radius 1 is 1.08 bits per heavy atom. The molecule has 13 heavy (non-hydrogen) atoms. The smallest absolute Gasteiger partial charge is 0.0281 e. The topological polar surface area (TPSA) is 3.24 Å². The fourth-order valence-electron chi connectivity index (χ4n) is 1.35. The summed E-state index contributed by atoms with van der Waals surface area (Å²) in [5, 5.41) is 0. The number of nitrogens with zero attached hydrogens (tertiary/aromatic N) is 1. The lowest BCUT2D eigenvalue weighted by molar-refractivity contribution is 0.196. The second-order valence-corrected chi connectivity index (χ2v) is 4.32. The predicted molar refractivity (Wildman–Crippen MR) is 60.7 cm³/mol. The van der Waals surface area contributed by atoms with Crippen molar-refractivity contribution in [2.45, 2.75) is 60.0 Å². The molecule has 1 unspecified atom stereocenters. The standard InChI is InChI=1S/C12H25N/c1-7-8-9-13(11(4)5)12(6)10(2)3/h8-12H,7H2,1-6H3/b9-8-. The molecular weight excluding hydrogens is 158 g/mol. The van der Waals surface area contributed by atoms with Gasteiger partial charge in [-0.3, -0.25) is 0 Å². The Hall–Kier alpha value is -0.460. The molecule has 0 rings (SSSR count). The minimum atomic E-state index is 0.597. The van der Waals surface area contributed by atoms with Gasteiger partial charge in [0.1, 0.15) is 0 Å². The van der Waals surface area contributed by atoms with Crippen LogP contribution in [-0.2, 0) is 0 Å². The van der Waals surface area contributed by atoms with Gasteiger partial charge in [0.2, 0.25) is 0 Å². The van der Waals surface area contributed by atoms with E-state index in [-0.39, 0.29) is 0 Å². The van der Waals surface area contributed by atoms with E-state index in [1.807, 2.05) is 0 Å². The van der Waals surface area contributed by atoms with Gasteiger partial charge < -0.3 is 4.90 Å². The van der Waals surface area contributed by atoms with Crippen molar-refractivity contribution in [3.05, 3.63) is 12.3 Å². The molecule has 0 aliphatic carbocycles. The zero-order valence-electron chi connectivity index (χ0n) is 10.0. The molecule has 0 spiro atoms. The maximum absolute atomic E-state index is 2.44. The molecule has 0 aromatic heterocycles.